The molecule has 1 amide bonds. The van der Waals surface area contributed by atoms with E-state index in [0.29, 0.717) is 34.1 Å². The van der Waals surface area contributed by atoms with E-state index in [1.807, 2.05) is 6.92 Å². The molecule has 0 spiro atoms. The van der Waals surface area contributed by atoms with Gasteiger partial charge < -0.3 is 9.64 Å². The maximum atomic E-state index is 14.8. The van der Waals surface area contributed by atoms with Crippen LogP contribution in [0.15, 0.2) is 46.9 Å². The third-order valence-electron chi connectivity index (χ3n) is 4.72. The van der Waals surface area contributed by atoms with Crippen LogP contribution >= 0.6 is 15.9 Å². The Hall–Kier alpha value is -2.21. The molecule has 1 aliphatic heterocycles. The highest BCUT2D eigenvalue weighted by Gasteiger charge is 2.45. The van der Waals surface area contributed by atoms with Crippen LogP contribution in [0.3, 0.4) is 0 Å². The highest BCUT2D eigenvalue weighted by atomic mass is 79.9. The molecule has 1 heterocycles. The first kappa shape index (κ1) is 19.5. The van der Waals surface area contributed by atoms with Gasteiger partial charge in [0.1, 0.15) is 11.7 Å². The first-order valence-corrected chi connectivity index (χ1v) is 9.80. The highest BCUT2D eigenvalue weighted by molar-refractivity contribution is 9.10. The molecule has 0 unspecified atom stereocenters. The number of fused-ring (bicyclic) bond motifs is 1. The Morgan fingerprint density at radius 1 is 1.19 bits per heavy atom. The summed E-state index contributed by atoms with van der Waals surface area (Å²) in [6, 6.07) is 10.8. The molecule has 6 heteroatoms. The van der Waals surface area contributed by atoms with E-state index >= 15 is 0 Å². The normalized spacial score (nSPS) is 19.0. The molecule has 4 nitrogen and oxygen atoms in total. The van der Waals surface area contributed by atoms with E-state index in [2.05, 4.69) is 15.9 Å². The first-order chi connectivity index (χ1) is 13.0. The van der Waals surface area contributed by atoms with Crippen LogP contribution in [0.5, 0.6) is 0 Å². The Morgan fingerprint density at radius 2 is 1.93 bits per heavy atom. The smallest absolute Gasteiger partial charge is 0.315 e. The topological polar surface area (TPSA) is 46.6 Å². The average molecular weight is 434 g/mol. The third-order valence-corrected chi connectivity index (χ3v) is 5.21. The summed E-state index contributed by atoms with van der Waals surface area (Å²) >= 11 is 3.37. The summed E-state index contributed by atoms with van der Waals surface area (Å²) in [5.41, 5.74) is 1.35. The molecule has 1 aliphatic rings. The summed E-state index contributed by atoms with van der Waals surface area (Å²) in [5.74, 6) is -1.89. The molecule has 3 rings (SSSR count). The number of carbonyl (C=O) groups is 2. The van der Waals surface area contributed by atoms with E-state index < -0.39 is 23.7 Å². The van der Waals surface area contributed by atoms with Gasteiger partial charge in [-0.1, -0.05) is 41.1 Å². The maximum absolute atomic E-state index is 14.8. The van der Waals surface area contributed by atoms with Gasteiger partial charge in [0.05, 0.1) is 12.6 Å². The maximum Gasteiger partial charge on any atom is 0.315 e. The molecule has 2 atom stereocenters. The van der Waals surface area contributed by atoms with Gasteiger partial charge in [-0.05, 0) is 43.2 Å². The van der Waals surface area contributed by atoms with E-state index in [1.54, 1.807) is 48.2 Å². The van der Waals surface area contributed by atoms with Crippen molar-refractivity contribution in [3.63, 3.8) is 0 Å². The van der Waals surface area contributed by atoms with Gasteiger partial charge >= 0.3 is 5.97 Å². The molecule has 0 aromatic heterocycles. The van der Waals surface area contributed by atoms with Crippen molar-refractivity contribution in [1.29, 1.82) is 0 Å². The molecule has 0 N–H and O–H groups in total. The van der Waals surface area contributed by atoms with Gasteiger partial charge in [0.2, 0.25) is 0 Å². The molecule has 0 fully saturated rings. The molecule has 2 aromatic rings. The van der Waals surface area contributed by atoms with Crippen LogP contribution in [0.1, 0.15) is 53.7 Å². The lowest BCUT2D eigenvalue weighted by Gasteiger charge is -2.41. The van der Waals surface area contributed by atoms with Crippen molar-refractivity contribution in [1.82, 2.24) is 4.90 Å². The van der Waals surface area contributed by atoms with Gasteiger partial charge in [-0.15, -0.1) is 0 Å². The second-order valence-corrected chi connectivity index (χ2v) is 7.34. The van der Waals surface area contributed by atoms with Crippen molar-refractivity contribution in [2.24, 2.45) is 0 Å². The molecule has 0 saturated heterocycles. The van der Waals surface area contributed by atoms with Crippen LogP contribution in [-0.2, 0) is 9.53 Å². The Labute approximate surface area is 166 Å². The number of amides is 1. The number of halogens is 2. The van der Waals surface area contributed by atoms with E-state index in [4.69, 9.17) is 4.74 Å². The molecule has 0 radical (unpaired) electrons. The molecule has 0 saturated carbocycles. The summed E-state index contributed by atoms with van der Waals surface area (Å²) < 4.78 is 20.8. The molecule has 0 bridgehead atoms. The standard InChI is InChI=1S/C21H21BrFNO3/c1-3-11-24-19(16-12-13(22)9-10-17(16)23)18(21(26)27-4-2)14-7-5-6-8-15(14)20(24)25/h5-10,12,18-19H,3-4,11H2,1-2H3/t18-,19+/m1/s1. The Kier molecular flexibility index (Phi) is 5.95. The number of ether oxygens (including phenoxy) is 1. The van der Waals surface area contributed by atoms with Crippen LogP contribution in [-0.4, -0.2) is 29.9 Å². The summed E-state index contributed by atoms with van der Waals surface area (Å²) in [5, 5.41) is 0. The molecular weight excluding hydrogens is 413 g/mol. The van der Waals surface area contributed by atoms with Gasteiger partial charge in [-0.2, -0.15) is 0 Å². The number of hydrogen-bond donors (Lipinski definition) is 0. The number of esters is 1. The van der Waals surface area contributed by atoms with Gasteiger partial charge in [0.15, 0.2) is 0 Å². The first-order valence-electron chi connectivity index (χ1n) is 9.01. The lowest BCUT2D eigenvalue weighted by Crippen LogP contribution is -2.46. The third kappa shape index (κ3) is 3.63. The van der Waals surface area contributed by atoms with E-state index in [-0.39, 0.29) is 12.5 Å². The Balaban J connectivity index is 2.25. The minimum Gasteiger partial charge on any atom is -0.465 e. The number of benzene rings is 2. The van der Waals surface area contributed by atoms with Crippen molar-refractivity contribution in [2.75, 3.05) is 13.2 Å². The number of nitrogens with zero attached hydrogens (tertiary/aromatic N) is 1. The fourth-order valence-electron chi connectivity index (χ4n) is 3.65. The highest BCUT2D eigenvalue weighted by Crippen LogP contribution is 2.44. The molecule has 27 heavy (non-hydrogen) atoms. The van der Waals surface area contributed by atoms with E-state index in [1.165, 1.54) is 6.07 Å². The summed E-state index contributed by atoms with van der Waals surface area (Å²) in [6.45, 7) is 4.31. The molecule has 2 aromatic carbocycles. The predicted molar refractivity (Wildman–Crippen MR) is 104 cm³/mol. The molecule has 142 valence electrons. The largest absolute Gasteiger partial charge is 0.465 e. The van der Waals surface area contributed by atoms with Crippen molar-refractivity contribution in [2.45, 2.75) is 32.2 Å². The monoisotopic (exact) mass is 433 g/mol. The van der Waals surface area contributed by atoms with E-state index in [0.717, 1.165) is 0 Å². The van der Waals surface area contributed by atoms with Crippen LogP contribution in [0.4, 0.5) is 4.39 Å². The van der Waals surface area contributed by atoms with Crippen molar-refractivity contribution in [3.8, 4) is 0 Å². The summed E-state index contributed by atoms with van der Waals surface area (Å²) in [4.78, 5) is 27.6. The quantitative estimate of drug-likeness (QED) is 0.633. The van der Waals surface area contributed by atoms with Gasteiger partial charge in [0.25, 0.3) is 5.91 Å². The zero-order chi connectivity index (χ0) is 19.6. The second kappa shape index (κ2) is 8.21. The molecular formula is C21H21BrFNO3. The lowest BCUT2D eigenvalue weighted by molar-refractivity contribution is -0.146. The fourth-order valence-corrected chi connectivity index (χ4v) is 4.03. The average Bonchev–Trinajstić information content (AvgIpc) is 2.66. The zero-order valence-corrected chi connectivity index (χ0v) is 16.8. The Morgan fingerprint density at radius 3 is 2.63 bits per heavy atom. The van der Waals surface area contributed by atoms with Crippen LogP contribution in [0, 0.1) is 5.82 Å². The SMILES string of the molecule is CCCN1C(=O)c2ccccc2[C@@H](C(=O)OCC)[C@@H]1c1cc(Br)ccc1F. The predicted octanol–water partition coefficient (Wildman–Crippen LogP) is 4.84. The van der Waals surface area contributed by atoms with Gasteiger partial charge in [-0.3, -0.25) is 9.59 Å². The fraction of sp³-hybridized carbons (Fsp3) is 0.333. The number of carbonyl (C=O) groups excluding carboxylic acids is 2. The van der Waals surface area contributed by atoms with Crippen LogP contribution < -0.4 is 0 Å². The van der Waals surface area contributed by atoms with Gasteiger partial charge in [0, 0.05) is 22.1 Å². The molecule has 0 aliphatic carbocycles. The zero-order valence-electron chi connectivity index (χ0n) is 15.2. The van der Waals surface area contributed by atoms with Crippen LogP contribution in [0.25, 0.3) is 0 Å². The summed E-state index contributed by atoms with van der Waals surface area (Å²) in [7, 11) is 0. The lowest BCUT2D eigenvalue weighted by atomic mass is 9.79. The van der Waals surface area contributed by atoms with Crippen LogP contribution in [0.2, 0.25) is 0 Å². The number of rotatable bonds is 5. The second-order valence-electron chi connectivity index (χ2n) is 6.43. The van der Waals surface area contributed by atoms with Gasteiger partial charge in [-0.25, -0.2) is 4.39 Å². The number of hydrogen-bond acceptors (Lipinski definition) is 3. The summed E-state index contributed by atoms with van der Waals surface area (Å²) in [6.07, 6.45) is 0.690. The minimum atomic E-state index is -0.783. The van der Waals surface area contributed by atoms with E-state index in [9.17, 15) is 14.0 Å². The van der Waals surface area contributed by atoms with Crippen molar-refractivity contribution in [3.05, 3.63) is 69.4 Å². The van der Waals surface area contributed by atoms with Crippen molar-refractivity contribution >= 4 is 27.8 Å². The minimum absolute atomic E-state index is 0.197. The van der Waals surface area contributed by atoms with Crippen molar-refractivity contribution < 1.29 is 18.7 Å². The Bertz CT molecular complexity index is 870.